The third-order valence-corrected chi connectivity index (χ3v) is 6.96. The van der Waals surface area contributed by atoms with Crippen LogP contribution in [0.3, 0.4) is 0 Å². The normalized spacial score (nSPS) is 11.6. The Labute approximate surface area is 231 Å². The number of aliphatic carboxylic acids is 1. The van der Waals surface area contributed by atoms with E-state index in [2.05, 4.69) is 0 Å². The maximum Gasteiger partial charge on any atom is 0.326 e. The molecule has 0 aliphatic heterocycles. The van der Waals surface area contributed by atoms with Crippen LogP contribution in [0.4, 0.5) is 5.69 Å². The second-order valence-electron chi connectivity index (χ2n) is 9.50. The standard InChI is InChI=1S/C33H26N2O5/c36-32(27-17-19-29(20-18-27)35(39)40)34(22-28-11-6-10-26-9-4-5-12-30(26)28)31(33(37)38)21-23-13-15-25(16-14-23)24-7-2-1-3-8-24/h1-20,31H,21-22H2,(H,37,38)/t31-/m1/s1. The summed E-state index contributed by atoms with van der Waals surface area (Å²) in [5, 5.41) is 23.4. The maximum absolute atomic E-state index is 13.8. The molecule has 0 bridgehead atoms. The van der Waals surface area contributed by atoms with Gasteiger partial charge in [-0.1, -0.05) is 97.1 Å². The van der Waals surface area contributed by atoms with E-state index in [1.54, 1.807) is 0 Å². The van der Waals surface area contributed by atoms with Gasteiger partial charge in [-0.15, -0.1) is 0 Å². The first-order chi connectivity index (χ1) is 19.4. The summed E-state index contributed by atoms with van der Waals surface area (Å²) in [5.41, 5.74) is 3.66. The maximum atomic E-state index is 13.8. The number of nitro groups is 1. The molecule has 0 aliphatic carbocycles. The molecule has 0 fully saturated rings. The van der Waals surface area contributed by atoms with Crippen LogP contribution in [0.5, 0.6) is 0 Å². The molecule has 0 unspecified atom stereocenters. The van der Waals surface area contributed by atoms with Crippen molar-refractivity contribution in [2.45, 2.75) is 19.0 Å². The molecule has 0 aliphatic rings. The molecule has 0 saturated carbocycles. The molecule has 0 saturated heterocycles. The Hall–Kier alpha value is -5.30. The van der Waals surface area contributed by atoms with Crippen LogP contribution in [0.2, 0.25) is 0 Å². The summed E-state index contributed by atoms with van der Waals surface area (Å²) in [4.78, 5) is 38.5. The zero-order valence-electron chi connectivity index (χ0n) is 21.5. The fourth-order valence-electron chi connectivity index (χ4n) is 4.85. The molecule has 0 spiro atoms. The number of nitrogens with zero attached hydrogens (tertiary/aromatic N) is 2. The third kappa shape index (κ3) is 5.73. The van der Waals surface area contributed by atoms with Gasteiger partial charge in [-0.3, -0.25) is 14.9 Å². The number of carbonyl (C=O) groups is 2. The number of benzene rings is 5. The molecule has 1 N–H and O–H groups in total. The average Bonchev–Trinajstić information content (AvgIpc) is 2.99. The summed E-state index contributed by atoms with van der Waals surface area (Å²) >= 11 is 0. The van der Waals surface area contributed by atoms with Gasteiger partial charge >= 0.3 is 5.97 Å². The van der Waals surface area contributed by atoms with Crippen LogP contribution in [0, 0.1) is 10.1 Å². The number of non-ortho nitro benzene ring substituents is 1. The van der Waals surface area contributed by atoms with Crippen molar-refractivity contribution >= 4 is 28.3 Å². The first-order valence-corrected chi connectivity index (χ1v) is 12.8. The van der Waals surface area contributed by atoms with Gasteiger partial charge in [0, 0.05) is 30.7 Å². The molecule has 5 rings (SSSR count). The largest absolute Gasteiger partial charge is 0.480 e. The lowest BCUT2D eigenvalue weighted by molar-refractivity contribution is -0.384. The highest BCUT2D eigenvalue weighted by atomic mass is 16.6. The Bertz CT molecular complexity index is 1660. The second-order valence-corrected chi connectivity index (χ2v) is 9.50. The number of amides is 1. The van der Waals surface area contributed by atoms with Crippen LogP contribution >= 0.6 is 0 Å². The zero-order valence-corrected chi connectivity index (χ0v) is 21.5. The Kier molecular flexibility index (Phi) is 7.64. The van der Waals surface area contributed by atoms with Gasteiger partial charge in [0.15, 0.2) is 0 Å². The van der Waals surface area contributed by atoms with Gasteiger partial charge in [0.1, 0.15) is 6.04 Å². The first kappa shape index (κ1) is 26.3. The van der Waals surface area contributed by atoms with Crippen molar-refractivity contribution in [3.8, 4) is 11.1 Å². The van der Waals surface area contributed by atoms with Crippen molar-refractivity contribution in [1.29, 1.82) is 0 Å². The molecule has 5 aromatic carbocycles. The van der Waals surface area contributed by atoms with Gasteiger partial charge in [0.2, 0.25) is 0 Å². The zero-order chi connectivity index (χ0) is 28.1. The molecule has 0 heterocycles. The van der Waals surface area contributed by atoms with E-state index < -0.39 is 22.8 Å². The van der Waals surface area contributed by atoms with E-state index in [0.717, 1.165) is 33.0 Å². The number of fused-ring (bicyclic) bond motifs is 1. The topological polar surface area (TPSA) is 101 Å². The van der Waals surface area contributed by atoms with Crippen molar-refractivity contribution < 1.29 is 19.6 Å². The molecule has 7 heteroatoms. The summed E-state index contributed by atoms with van der Waals surface area (Å²) in [7, 11) is 0. The van der Waals surface area contributed by atoms with Crippen molar-refractivity contribution in [3.05, 3.63) is 148 Å². The van der Waals surface area contributed by atoms with Crippen LogP contribution in [0.1, 0.15) is 21.5 Å². The van der Waals surface area contributed by atoms with E-state index in [9.17, 15) is 24.8 Å². The second kappa shape index (κ2) is 11.6. The summed E-state index contributed by atoms with van der Waals surface area (Å²) < 4.78 is 0. The van der Waals surface area contributed by atoms with E-state index >= 15 is 0 Å². The van der Waals surface area contributed by atoms with Crippen molar-refractivity contribution in [2.75, 3.05) is 0 Å². The lowest BCUT2D eigenvalue weighted by Gasteiger charge is -2.30. The first-order valence-electron chi connectivity index (χ1n) is 12.8. The van der Waals surface area contributed by atoms with Crippen LogP contribution in [0.25, 0.3) is 21.9 Å². The minimum atomic E-state index is -1.18. The Morgan fingerprint density at radius 1 is 0.750 bits per heavy atom. The fourth-order valence-corrected chi connectivity index (χ4v) is 4.85. The summed E-state index contributed by atoms with van der Waals surface area (Å²) in [6.07, 6.45) is 0.0912. The molecule has 0 aromatic heterocycles. The number of carbonyl (C=O) groups excluding carboxylic acids is 1. The van der Waals surface area contributed by atoms with Crippen LogP contribution in [-0.2, 0) is 17.8 Å². The van der Waals surface area contributed by atoms with Crippen molar-refractivity contribution in [1.82, 2.24) is 4.90 Å². The molecule has 1 amide bonds. The monoisotopic (exact) mass is 530 g/mol. The van der Waals surface area contributed by atoms with Gasteiger partial charge < -0.3 is 10.0 Å². The molecule has 198 valence electrons. The van der Waals surface area contributed by atoms with E-state index in [1.165, 1.54) is 29.2 Å². The van der Waals surface area contributed by atoms with Gasteiger partial charge in [0.25, 0.3) is 11.6 Å². The highest BCUT2D eigenvalue weighted by Gasteiger charge is 2.31. The smallest absolute Gasteiger partial charge is 0.326 e. The fraction of sp³-hybridized carbons (Fsp3) is 0.0909. The summed E-state index contributed by atoms with van der Waals surface area (Å²) in [5.74, 6) is -1.65. The van der Waals surface area contributed by atoms with Crippen LogP contribution < -0.4 is 0 Å². The van der Waals surface area contributed by atoms with Gasteiger partial charge in [-0.05, 0) is 45.2 Å². The van der Waals surface area contributed by atoms with E-state index in [0.29, 0.717) is 0 Å². The van der Waals surface area contributed by atoms with E-state index in [4.69, 9.17) is 0 Å². The SMILES string of the molecule is O=C(O)[C@@H](Cc1ccc(-c2ccccc2)cc1)N(Cc1cccc2ccccc12)C(=O)c1ccc([N+](=O)[O-])cc1. The third-order valence-electron chi connectivity index (χ3n) is 6.96. The van der Waals surface area contributed by atoms with Crippen LogP contribution in [0.15, 0.2) is 121 Å². The van der Waals surface area contributed by atoms with Crippen LogP contribution in [-0.4, -0.2) is 32.8 Å². The number of carboxylic acids is 1. The highest BCUT2D eigenvalue weighted by Crippen LogP contribution is 2.25. The quantitative estimate of drug-likeness (QED) is 0.168. The lowest BCUT2D eigenvalue weighted by atomic mass is 9.98. The highest BCUT2D eigenvalue weighted by molar-refractivity contribution is 5.97. The molecule has 7 nitrogen and oxygen atoms in total. The molecule has 1 atom stereocenters. The summed E-state index contributed by atoms with van der Waals surface area (Å²) in [6.45, 7) is 0.0518. The molecular formula is C33H26N2O5. The predicted octanol–water partition coefficient (Wildman–Crippen LogP) is 6.75. The number of hydrogen-bond acceptors (Lipinski definition) is 4. The van der Waals surface area contributed by atoms with Gasteiger partial charge in [-0.25, -0.2) is 4.79 Å². The van der Waals surface area contributed by atoms with E-state index in [-0.39, 0.29) is 24.2 Å². The lowest BCUT2D eigenvalue weighted by Crippen LogP contribution is -2.46. The predicted molar refractivity (Wildman–Crippen MR) is 154 cm³/mol. The summed E-state index contributed by atoms with van der Waals surface area (Å²) in [6, 6.07) is 35.0. The van der Waals surface area contributed by atoms with Crippen molar-refractivity contribution in [2.24, 2.45) is 0 Å². The minimum absolute atomic E-state index is 0.0518. The number of nitro benzene ring substituents is 1. The van der Waals surface area contributed by atoms with Crippen molar-refractivity contribution in [3.63, 3.8) is 0 Å². The number of hydrogen-bond donors (Lipinski definition) is 1. The Morgan fingerprint density at radius 2 is 1.38 bits per heavy atom. The molecule has 40 heavy (non-hydrogen) atoms. The number of rotatable bonds is 9. The minimum Gasteiger partial charge on any atom is -0.480 e. The molecule has 0 radical (unpaired) electrons. The number of carboxylic acid groups (broad SMARTS) is 1. The molecule has 5 aromatic rings. The Balaban J connectivity index is 1.51. The molecular weight excluding hydrogens is 504 g/mol. The average molecular weight is 531 g/mol. The Morgan fingerprint density at radius 3 is 2.05 bits per heavy atom. The van der Waals surface area contributed by atoms with E-state index in [1.807, 2.05) is 97.1 Å². The van der Waals surface area contributed by atoms with Gasteiger partial charge in [-0.2, -0.15) is 0 Å². The van der Waals surface area contributed by atoms with Gasteiger partial charge in [0.05, 0.1) is 4.92 Å².